The zero-order valence-electron chi connectivity index (χ0n) is 16.1. The van der Waals surface area contributed by atoms with E-state index in [0.29, 0.717) is 25.4 Å². The highest BCUT2D eigenvalue weighted by Crippen LogP contribution is 2.48. The molecule has 4 fully saturated rings. The normalized spacial score (nSPS) is 38.0. The Morgan fingerprint density at radius 2 is 1.93 bits per heavy atom. The predicted molar refractivity (Wildman–Crippen MR) is 98.9 cm³/mol. The lowest BCUT2D eigenvalue weighted by atomic mass is 9.82. The van der Waals surface area contributed by atoms with Gasteiger partial charge in [-0.1, -0.05) is 6.92 Å². The maximum Gasteiger partial charge on any atom is 0.255 e. The van der Waals surface area contributed by atoms with E-state index >= 15 is 0 Å². The number of anilines is 1. The number of piperidine rings is 1. The Kier molecular flexibility index (Phi) is 4.50. The van der Waals surface area contributed by atoms with Crippen LogP contribution in [-0.2, 0) is 9.53 Å². The third-order valence-electron chi connectivity index (χ3n) is 7.22. The first kappa shape index (κ1) is 18.2. The van der Waals surface area contributed by atoms with Crippen molar-refractivity contribution < 1.29 is 19.0 Å². The molecule has 4 aliphatic rings. The summed E-state index contributed by atoms with van der Waals surface area (Å²) in [6, 6.07) is 0. The van der Waals surface area contributed by atoms with Crippen molar-refractivity contribution in [2.45, 2.75) is 44.5 Å². The zero-order valence-corrected chi connectivity index (χ0v) is 16.1. The minimum Gasteiger partial charge on any atom is -0.390 e. The molecule has 0 spiro atoms. The molecular weight excluding hydrogens is 363 g/mol. The van der Waals surface area contributed by atoms with Gasteiger partial charge < -0.3 is 19.6 Å². The highest BCUT2D eigenvalue weighted by molar-refractivity contribution is 5.80. The van der Waals surface area contributed by atoms with E-state index in [1.54, 1.807) is 0 Å². The SMILES string of the molecule is CC1CCN(C(=O)C2C[C@@H]3O[C@H]2[C@H]2CN(c4nccnc4F)C[C@H]2[C@@H]3O)CC1. The fourth-order valence-corrected chi connectivity index (χ4v) is 5.60. The van der Waals surface area contributed by atoms with Crippen LogP contribution in [0.15, 0.2) is 12.4 Å². The molecule has 0 aromatic carbocycles. The number of aliphatic hydroxyl groups is 1. The second-order valence-corrected chi connectivity index (χ2v) is 8.88. The van der Waals surface area contributed by atoms with Crippen molar-refractivity contribution in [3.63, 3.8) is 0 Å². The van der Waals surface area contributed by atoms with Gasteiger partial charge in [0.05, 0.1) is 24.2 Å². The van der Waals surface area contributed by atoms with E-state index in [1.165, 1.54) is 12.4 Å². The Morgan fingerprint density at radius 3 is 2.68 bits per heavy atom. The van der Waals surface area contributed by atoms with Crippen LogP contribution < -0.4 is 4.90 Å². The number of fused-ring (bicyclic) bond motifs is 4. The fourth-order valence-electron chi connectivity index (χ4n) is 5.60. The van der Waals surface area contributed by atoms with Crippen LogP contribution in [-0.4, -0.2) is 70.4 Å². The van der Waals surface area contributed by atoms with Crippen LogP contribution in [0.2, 0.25) is 0 Å². The van der Waals surface area contributed by atoms with Crippen LogP contribution in [0, 0.1) is 29.6 Å². The molecule has 1 aromatic rings. The van der Waals surface area contributed by atoms with Crippen molar-refractivity contribution in [3.05, 3.63) is 18.3 Å². The Labute approximate surface area is 163 Å². The largest absolute Gasteiger partial charge is 0.390 e. The first-order valence-corrected chi connectivity index (χ1v) is 10.4. The summed E-state index contributed by atoms with van der Waals surface area (Å²) < 4.78 is 20.2. The van der Waals surface area contributed by atoms with E-state index in [-0.39, 0.29) is 41.7 Å². The third kappa shape index (κ3) is 2.88. The molecule has 4 saturated heterocycles. The first-order valence-electron chi connectivity index (χ1n) is 10.4. The van der Waals surface area contributed by atoms with Crippen molar-refractivity contribution in [2.24, 2.45) is 23.7 Å². The van der Waals surface area contributed by atoms with Crippen LogP contribution in [0.25, 0.3) is 0 Å². The van der Waals surface area contributed by atoms with E-state index < -0.39 is 12.1 Å². The van der Waals surface area contributed by atoms with Crippen LogP contribution in [0.3, 0.4) is 0 Å². The van der Waals surface area contributed by atoms with E-state index in [2.05, 4.69) is 16.9 Å². The van der Waals surface area contributed by atoms with E-state index in [4.69, 9.17) is 4.74 Å². The topological polar surface area (TPSA) is 78.8 Å². The lowest BCUT2D eigenvalue weighted by Crippen LogP contribution is -2.48. The van der Waals surface area contributed by atoms with Crippen LogP contribution in [0.5, 0.6) is 0 Å². The lowest BCUT2D eigenvalue weighted by molar-refractivity contribution is -0.148. The minimum absolute atomic E-state index is 0.00665. The molecule has 152 valence electrons. The quantitative estimate of drug-likeness (QED) is 0.814. The number of likely N-dealkylation sites (tertiary alicyclic amines) is 1. The number of hydrogen-bond acceptors (Lipinski definition) is 6. The van der Waals surface area contributed by atoms with Crippen LogP contribution in [0.4, 0.5) is 10.2 Å². The van der Waals surface area contributed by atoms with Gasteiger partial charge in [0, 0.05) is 50.4 Å². The standard InChI is InChI=1S/C20H27FN4O3/c1-11-2-6-24(7-3-11)20(27)12-8-15-16(26)13-9-25(10-14(13)17(12)28-15)19-18(21)22-4-5-23-19/h4-5,11-17,26H,2-3,6-10H2,1H3/t12?,13-,14+,15+,16+,17-/m1/s1. The van der Waals surface area contributed by atoms with Crippen LogP contribution >= 0.6 is 0 Å². The summed E-state index contributed by atoms with van der Waals surface area (Å²) in [7, 11) is 0. The third-order valence-corrected chi connectivity index (χ3v) is 7.22. The molecule has 1 N–H and O–H groups in total. The molecule has 0 aliphatic carbocycles. The highest BCUT2D eigenvalue weighted by Gasteiger charge is 2.58. The number of carbonyl (C=O) groups excluding carboxylic acids is 1. The number of aliphatic hydroxyl groups excluding tert-OH is 1. The molecule has 6 atom stereocenters. The predicted octanol–water partition coefficient (Wildman–Crippen LogP) is 1.07. The number of amides is 1. The number of nitrogens with zero attached hydrogens (tertiary/aromatic N) is 4. The minimum atomic E-state index is -0.634. The molecule has 1 amide bonds. The number of hydrogen-bond donors (Lipinski definition) is 1. The average Bonchev–Trinajstić information content (AvgIpc) is 3.31. The second kappa shape index (κ2) is 6.91. The van der Waals surface area contributed by atoms with Gasteiger partial charge in [0.1, 0.15) is 0 Å². The molecule has 0 radical (unpaired) electrons. The number of carbonyl (C=O) groups is 1. The second-order valence-electron chi connectivity index (χ2n) is 8.88. The van der Waals surface area contributed by atoms with Crippen LogP contribution in [0.1, 0.15) is 26.2 Å². The molecule has 2 bridgehead atoms. The van der Waals surface area contributed by atoms with Crippen molar-refractivity contribution in [1.29, 1.82) is 0 Å². The molecule has 1 unspecified atom stereocenters. The Bertz CT molecular complexity index is 757. The van der Waals surface area contributed by atoms with E-state index in [1.807, 2.05) is 9.80 Å². The molecule has 5 heterocycles. The van der Waals surface area contributed by atoms with Gasteiger partial charge in [-0.15, -0.1) is 0 Å². The summed E-state index contributed by atoms with van der Waals surface area (Å²) in [6.45, 7) is 4.88. The summed E-state index contributed by atoms with van der Waals surface area (Å²) in [6.07, 6.45) is 4.32. The average molecular weight is 390 g/mol. The molecule has 5 rings (SSSR count). The molecule has 4 aliphatic heterocycles. The van der Waals surface area contributed by atoms with Gasteiger partial charge in [0.25, 0.3) is 5.95 Å². The van der Waals surface area contributed by atoms with E-state index in [0.717, 1.165) is 25.9 Å². The summed E-state index contributed by atoms with van der Waals surface area (Å²) in [5, 5.41) is 10.8. The lowest BCUT2D eigenvalue weighted by Gasteiger charge is -2.37. The van der Waals surface area contributed by atoms with Crippen molar-refractivity contribution in [2.75, 3.05) is 31.1 Å². The van der Waals surface area contributed by atoms with Gasteiger partial charge in [-0.2, -0.15) is 4.39 Å². The fraction of sp³-hybridized carbons (Fsp3) is 0.750. The number of halogens is 1. The summed E-state index contributed by atoms with van der Waals surface area (Å²) in [5.74, 6) is 0.187. The Balaban J connectivity index is 1.35. The monoisotopic (exact) mass is 390 g/mol. The van der Waals surface area contributed by atoms with Gasteiger partial charge in [-0.25, -0.2) is 9.97 Å². The number of ether oxygens (including phenoxy) is 1. The first-order chi connectivity index (χ1) is 13.5. The Morgan fingerprint density at radius 1 is 1.21 bits per heavy atom. The number of aromatic nitrogens is 2. The van der Waals surface area contributed by atoms with Gasteiger partial charge in [-0.3, -0.25) is 4.79 Å². The molecule has 1 aromatic heterocycles. The summed E-state index contributed by atoms with van der Waals surface area (Å²) in [5.41, 5.74) is 0. The molecular formula is C20H27FN4O3. The molecule has 0 saturated carbocycles. The molecule has 28 heavy (non-hydrogen) atoms. The van der Waals surface area contributed by atoms with Gasteiger partial charge in [-0.05, 0) is 25.2 Å². The number of rotatable bonds is 2. The smallest absolute Gasteiger partial charge is 0.255 e. The maximum atomic E-state index is 14.1. The Hall–Kier alpha value is -1.80. The highest BCUT2D eigenvalue weighted by atomic mass is 19.1. The van der Waals surface area contributed by atoms with Gasteiger partial charge in [0.15, 0.2) is 5.82 Å². The van der Waals surface area contributed by atoms with E-state index in [9.17, 15) is 14.3 Å². The zero-order chi connectivity index (χ0) is 19.4. The summed E-state index contributed by atoms with van der Waals surface area (Å²) in [4.78, 5) is 24.9. The van der Waals surface area contributed by atoms with Crippen molar-refractivity contribution in [3.8, 4) is 0 Å². The summed E-state index contributed by atoms with van der Waals surface area (Å²) >= 11 is 0. The van der Waals surface area contributed by atoms with Gasteiger partial charge in [0.2, 0.25) is 5.91 Å². The van der Waals surface area contributed by atoms with Crippen molar-refractivity contribution >= 4 is 11.7 Å². The molecule has 7 nitrogen and oxygen atoms in total. The maximum absolute atomic E-state index is 14.1. The molecule has 8 heteroatoms. The van der Waals surface area contributed by atoms with Gasteiger partial charge >= 0.3 is 0 Å². The van der Waals surface area contributed by atoms with Crippen molar-refractivity contribution in [1.82, 2.24) is 14.9 Å².